The summed E-state index contributed by atoms with van der Waals surface area (Å²) in [5.74, 6) is -0.403. The summed E-state index contributed by atoms with van der Waals surface area (Å²) in [7, 11) is 0.0653. The molecule has 0 radical (unpaired) electrons. The molecular formula is C54H65NO11Si. The molecule has 0 aliphatic carbocycles. The van der Waals surface area contributed by atoms with Gasteiger partial charge in [-0.15, -0.1) is 0 Å². The SMILES string of the molecule is COc1ccc(C(OCC2OC(OCCCCCCC(C)(C)[Si](O)(c3ccccc3)c3ccccc3)C(NC(C)=O)C(OC(C)=O)C2OC(C)=O)(c2ccccc2)c2ccc(OC)cc2)cc1. The molecule has 0 saturated carbocycles. The number of esters is 2. The Balaban J connectivity index is 1.24. The number of carbonyl (C=O) groups excluding carboxylic acids is 3. The number of carbonyl (C=O) groups is 3. The van der Waals surface area contributed by atoms with Crippen LogP contribution >= 0.6 is 0 Å². The lowest BCUT2D eigenvalue weighted by Gasteiger charge is -2.46. The molecule has 5 unspecified atom stereocenters. The Kier molecular flexibility index (Phi) is 17.6. The summed E-state index contributed by atoms with van der Waals surface area (Å²) in [5, 5.41) is 4.46. The number of rotatable bonds is 22. The molecule has 2 N–H and O–H groups in total. The molecule has 1 amide bonds. The molecule has 1 aliphatic rings. The molecule has 356 valence electrons. The van der Waals surface area contributed by atoms with E-state index < -0.39 is 62.4 Å². The zero-order valence-corrected chi connectivity index (χ0v) is 40.6. The van der Waals surface area contributed by atoms with Gasteiger partial charge < -0.3 is 43.3 Å². The summed E-state index contributed by atoms with van der Waals surface area (Å²) in [6.45, 7) is 8.27. The monoisotopic (exact) mass is 931 g/mol. The van der Waals surface area contributed by atoms with Crippen molar-refractivity contribution in [3.05, 3.63) is 156 Å². The van der Waals surface area contributed by atoms with Gasteiger partial charge in [0.15, 0.2) is 18.5 Å². The number of unbranched alkanes of at least 4 members (excludes halogenated alkanes) is 3. The summed E-state index contributed by atoms with van der Waals surface area (Å²) in [5.41, 5.74) is 1.06. The normalized spacial score (nSPS) is 18.7. The highest BCUT2D eigenvalue weighted by atomic mass is 28.4. The van der Waals surface area contributed by atoms with Crippen LogP contribution in [0.4, 0.5) is 0 Å². The van der Waals surface area contributed by atoms with Crippen LogP contribution in [0.3, 0.4) is 0 Å². The molecule has 6 rings (SSSR count). The van der Waals surface area contributed by atoms with Crippen molar-refractivity contribution in [2.24, 2.45) is 0 Å². The van der Waals surface area contributed by atoms with Gasteiger partial charge in [-0.3, -0.25) is 14.4 Å². The minimum Gasteiger partial charge on any atom is -0.497 e. The summed E-state index contributed by atoms with van der Waals surface area (Å²) in [4.78, 5) is 51.0. The highest BCUT2D eigenvalue weighted by molar-refractivity contribution is 6.98. The van der Waals surface area contributed by atoms with Gasteiger partial charge in [0, 0.05) is 27.4 Å². The molecule has 5 atom stereocenters. The standard InChI is InChI=1S/C54H65NO11Si/c1-38(56)55-49-51(65-40(3)58)50(64-39(2)57)48(37-63-54(41-21-13-10-14-22-41,42-27-31-44(60-6)32-28-42)43-29-33-45(61-7)34-30-43)66-52(49)62-36-20-9-8-19-35-53(4,5)67(59,46-23-15-11-16-24-46)47-25-17-12-18-26-47/h10-18,21-34,48-52,59H,8-9,19-20,35-37H2,1-7H3,(H,55,56). The van der Waals surface area contributed by atoms with E-state index in [2.05, 4.69) is 19.2 Å². The number of ether oxygens (including phenoxy) is 7. The third-order valence-electron chi connectivity index (χ3n) is 12.6. The fourth-order valence-electron chi connectivity index (χ4n) is 9.22. The molecule has 67 heavy (non-hydrogen) atoms. The molecule has 1 saturated heterocycles. The van der Waals surface area contributed by atoms with Gasteiger partial charge in [-0.2, -0.15) is 0 Å². The van der Waals surface area contributed by atoms with Gasteiger partial charge in [0.2, 0.25) is 5.91 Å². The molecule has 0 spiro atoms. The van der Waals surface area contributed by atoms with Crippen molar-refractivity contribution < 1.29 is 52.3 Å². The van der Waals surface area contributed by atoms with E-state index in [1.165, 1.54) is 20.8 Å². The second kappa shape index (κ2) is 23.3. The molecule has 1 aliphatic heterocycles. The Morgan fingerprint density at radius 2 is 1.09 bits per heavy atom. The molecule has 1 fully saturated rings. The van der Waals surface area contributed by atoms with E-state index in [0.29, 0.717) is 17.9 Å². The van der Waals surface area contributed by atoms with E-state index in [4.69, 9.17) is 33.2 Å². The van der Waals surface area contributed by atoms with E-state index >= 15 is 0 Å². The molecule has 5 aromatic rings. The minimum atomic E-state index is -3.14. The van der Waals surface area contributed by atoms with Gasteiger partial charge in [0.05, 0.1) is 20.8 Å². The van der Waals surface area contributed by atoms with Crippen molar-refractivity contribution in [1.29, 1.82) is 0 Å². The summed E-state index contributed by atoms with van der Waals surface area (Å²) in [6.07, 6.45) is -0.520. The summed E-state index contributed by atoms with van der Waals surface area (Å²) < 4.78 is 43.2. The van der Waals surface area contributed by atoms with Crippen molar-refractivity contribution in [2.45, 2.75) is 108 Å². The first-order chi connectivity index (χ1) is 32.2. The van der Waals surface area contributed by atoms with Crippen molar-refractivity contribution in [1.82, 2.24) is 5.32 Å². The highest BCUT2D eigenvalue weighted by Crippen LogP contribution is 2.43. The highest BCUT2D eigenvalue weighted by Gasteiger charge is 2.53. The van der Waals surface area contributed by atoms with Crippen LogP contribution in [0.15, 0.2) is 140 Å². The minimum absolute atomic E-state index is 0.188. The van der Waals surface area contributed by atoms with Crippen LogP contribution in [-0.4, -0.2) is 89.0 Å². The van der Waals surface area contributed by atoms with Crippen molar-refractivity contribution in [3.8, 4) is 11.5 Å². The molecule has 0 aromatic heterocycles. The molecule has 1 heterocycles. The number of nitrogens with one attached hydrogen (secondary N) is 1. The van der Waals surface area contributed by atoms with Crippen LogP contribution in [0.25, 0.3) is 0 Å². The molecule has 13 heteroatoms. The van der Waals surface area contributed by atoms with E-state index in [9.17, 15) is 19.2 Å². The average Bonchev–Trinajstić information content (AvgIpc) is 3.33. The van der Waals surface area contributed by atoms with E-state index in [0.717, 1.165) is 52.7 Å². The van der Waals surface area contributed by atoms with E-state index in [1.807, 2.05) is 140 Å². The van der Waals surface area contributed by atoms with Crippen molar-refractivity contribution in [2.75, 3.05) is 27.4 Å². The molecule has 5 aromatic carbocycles. The lowest BCUT2D eigenvalue weighted by molar-refractivity contribution is -0.282. The lowest BCUT2D eigenvalue weighted by Crippen LogP contribution is -2.66. The van der Waals surface area contributed by atoms with Crippen LogP contribution in [0.1, 0.15) is 83.4 Å². The number of hydrogen-bond acceptors (Lipinski definition) is 11. The smallest absolute Gasteiger partial charge is 0.303 e. The molecule has 0 bridgehead atoms. The van der Waals surface area contributed by atoms with Gasteiger partial charge in [-0.05, 0) is 69.2 Å². The van der Waals surface area contributed by atoms with Gasteiger partial charge >= 0.3 is 11.9 Å². The largest absolute Gasteiger partial charge is 0.497 e. The number of hydrogen-bond donors (Lipinski definition) is 2. The van der Waals surface area contributed by atoms with Crippen molar-refractivity contribution in [3.63, 3.8) is 0 Å². The van der Waals surface area contributed by atoms with E-state index in [-0.39, 0.29) is 18.3 Å². The fraction of sp³-hybridized carbons (Fsp3) is 0.389. The maximum Gasteiger partial charge on any atom is 0.303 e. The maximum absolute atomic E-state index is 12.8. The Morgan fingerprint density at radius 3 is 1.57 bits per heavy atom. The first kappa shape index (κ1) is 50.6. The molecule has 12 nitrogen and oxygen atoms in total. The van der Waals surface area contributed by atoms with Crippen LogP contribution in [-0.2, 0) is 43.7 Å². The fourth-order valence-corrected chi connectivity index (χ4v) is 13.0. The van der Waals surface area contributed by atoms with Crippen LogP contribution < -0.4 is 25.2 Å². The zero-order valence-electron chi connectivity index (χ0n) is 39.6. The van der Waals surface area contributed by atoms with Crippen LogP contribution in [0.2, 0.25) is 5.04 Å². The Labute approximate surface area is 396 Å². The summed E-state index contributed by atoms with van der Waals surface area (Å²) >= 11 is 0. The quantitative estimate of drug-likeness (QED) is 0.0306. The summed E-state index contributed by atoms with van der Waals surface area (Å²) in [6, 6.07) is 43.9. The Hall–Kier alpha value is -5.83. The lowest BCUT2D eigenvalue weighted by atomic mass is 9.80. The third kappa shape index (κ3) is 12.0. The number of amides is 1. The number of methoxy groups -OCH3 is 2. The zero-order chi connectivity index (χ0) is 48.0. The second-order valence-corrected chi connectivity index (χ2v) is 21.5. The van der Waals surface area contributed by atoms with Crippen LogP contribution in [0.5, 0.6) is 11.5 Å². The number of benzene rings is 5. The predicted molar refractivity (Wildman–Crippen MR) is 259 cm³/mol. The van der Waals surface area contributed by atoms with Gasteiger partial charge in [0.1, 0.15) is 29.2 Å². The first-order valence-electron chi connectivity index (χ1n) is 22.9. The van der Waals surface area contributed by atoms with Gasteiger partial charge in [-0.25, -0.2) is 0 Å². The third-order valence-corrected chi connectivity index (χ3v) is 17.1. The first-order valence-corrected chi connectivity index (χ1v) is 24.9. The van der Waals surface area contributed by atoms with Gasteiger partial charge in [0.25, 0.3) is 8.32 Å². The predicted octanol–water partition coefficient (Wildman–Crippen LogP) is 7.60. The Bertz CT molecular complexity index is 2240. The second-order valence-electron chi connectivity index (χ2n) is 17.6. The van der Waals surface area contributed by atoms with Gasteiger partial charge in [-0.1, -0.05) is 148 Å². The van der Waals surface area contributed by atoms with Crippen molar-refractivity contribution >= 4 is 36.5 Å². The topological polar surface area (TPSA) is 148 Å². The van der Waals surface area contributed by atoms with Crippen LogP contribution in [0, 0.1) is 0 Å². The maximum atomic E-state index is 12.8. The Morgan fingerprint density at radius 1 is 0.627 bits per heavy atom. The average molecular weight is 932 g/mol. The molecular weight excluding hydrogens is 867 g/mol. The van der Waals surface area contributed by atoms with E-state index in [1.54, 1.807) is 14.2 Å².